The molecule has 5 aromatic rings. The number of nitrogens with one attached hydrogen (secondary N) is 3. The molecule has 0 spiro atoms. The number of alkyl carbamates (subject to hydrolysis) is 1. The van der Waals surface area contributed by atoms with E-state index in [0.29, 0.717) is 12.1 Å². The average molecular weight is 676 g/mol. The molecule has 2 heterocycles. The number of nitrogens with zero attached hydrogens (tertiary/aromatic N) is 2. The Hall–Kier alpha value is -4.77. The maximum absolute atomic E-state index is 14.1. The molecular weight excluding hydrogens is 635 g/mol. The lowest BCUT2D eigenvalue weighted by atomic mass is 9.84. The molecule has 0 radical (unpaired) electrons. The number of ether oxygens (including phenoxy) is 2. The van der Waals surface area contributed by atoms with E-state index in [9.17, 15) is 9.59 Å². The van der Waals surface area contributed by atoms with Gasteiger partial charge in [0.05, 0.1) is 36.5 Å². The second-order valence-corrected chi connectivity index (χ2v) is 13.1. The van der Waals surface area contributed by atoms with Gasteiger partial charge in [-0.3, -0.25) is 9.78 Å². The van der Waals surface area contributed by atoms with Crippen molar-refractivity contribution in [2.75, 3.05) is 24.7 Å². The van der Waals surface area contributed by atoms with Crippen molar-refractivity contribution in [2.24, 2.45) is 0 Å². The van der Waals surface area contributed by atoms with Crippen LogP contribution in [0.5, 0.6) is 0 Å². The summed E-state index contributed by atoms with van der Waals surface area (Å²) in [7, 11) is 1.30. The Kier molecular flexibility index (Phi) is 11.5. The Morgan fingerprint density at radius 3 is 2.29 bits per heavy atom. The number of thioether (sulfide) groups is 1. The molecule has 252 valence electrons. The molecular formula is C39H41N5O4S. The summed E-state index contributed by atoms with van der Waals surface area (Å²) in [6.45, 7) is 2.89. The van der Waals surface area contributed by atoms with Crippen LogP contribution in [-0.4, -0.2) is 65.7 Å². The number of carbonyl (C=O) groups excluding carboxylic acids is 2. The standard InChI is InChI=1S/C39H41N5O4S/c1-26-34(25-49-35-24-41-32-19-11-12-20-33(32)42-35)48-30(23-40-26)22-21-27-13-9-10-18-31(27)43-38(45)37(44-39(46)47-2)36(28-14-5-3-6-15-28)29-16-7-4-8-17-29/h3-20,24,26,30,34,36-37,40H,21-23,25H2,1-2H3,(H,43,45)(H,44,46)/t26-,30-,34-,37?/m1/s1. The summed E-state index contributed by atoms with van der Waals surface area (Å²) in [4.78, 5) is 36.0. The second kappa shape index (κ2) is 16.6. The minimum atomic E-state index is -0.941. The van der Waals surface area contributed by atoms with E-state index in [1.807, 2.05) is 115 Å². The molecule has 1 aliphatic heterocycles. The Morgan fingerprint density at radius 1 is 0.918 bits per heavy atom. The molecule has 1 aromatic heterocycles. The van der Waals surface area contributed by atoms with Gasteiger partial charge in [-0.1, -0.05) is 91.0 Å². The normalized spacial score (nSPS) is 18.1. The number of amides is 2. The van der Waals surface area contributed by atoms with Crippen LogP contribution in [0.4, 0.5) is 10.5 Å². The zero-order valence-corrected chi connectivity index (χ0v) is 28.4. The summed E-state index contributed by atoms with van der Waals surface area (Å²) in [5.41, 5.74) is 5.25. The molecule has 1 aliphatic rings. The molecule has 1 fully saturated rings. The zero-order chi connectivity index (χ0) is 34.0. The van der Waals surface area contributed by atoms with Gasteiger partial charge in [-0.05, 0) is 54.7 Å². The molecule has 1 unspecified atom stereocenters. The molecule has 4 aromatic carbocycles. The summed E-state index contributed by atoms with van der Waals surface area (Å²) in [5.74, 6) is -0.0373. The number of aromatic nitrogens is 2. The number of methoxy groups -OCH3 is 1. The van der Waals surface area contributed by atoms with Crippen molar-refractivity contribution in [3.05, 3.63) is 132 Å². The number of hydrogen-bond donors (Lipinski definition) is 3. The molecule has 1 saturated heterocycles. The highest BCUT2D eigenvalue weighted by Gasteiger charge is 2.33. The molecule has 4 atom stereocenters. The van der Waals surface area contributed by atoms with Crippen LogP contribution >= 0.6 is 11.8 Å². The van der Waals surface area contributed by atoms with Gasteiger partial charge in [-0.2, -0.15) is 0 Å². The third-order valence-electron chi connectivity index (χ3n) is 8.82. The summed E-state index contributed by atoms with van der Waals surface area (Å²) in [5, 5.41) is 10.4. The molecule has 49 heavy (non-hydrogen) atoms. The van der Waals surface area contributed by atoms with Gasteiger partial charge in [0, 0.05) is 29.9 Å². The van der Waals surface area contributed by atoms with Crippen LogP contribution in [0.3, 0.4) is 0 Å². The SMILES string of the molecule is COC(=O)NC(C(=O)Nc1ccccc1CC[C@@H]1CN[C@H](C)[C@@H](CSc2cnc3ccccc3n2)O1)C(c1ccccc1)c1ccccc1. The smallest absolute Gasteiger partial charge is 0.407 e. The molecule has 0 aliphatic carbocycles. The molecule has 0 saturated carbocycles. The van der Waals surface area contributed by atoms with Gasteiger partial charge in [0.25, 0.3) is 0 Å². The molecule has 6 rings (SSSR count). The maximum Gasteiger partial charge on any atom is 0.407 e. The topological polar surface area (TPSA) is 114 Å². The van der Waals surface area contributed by atoms with Crippen molar-refractivity contribution in [3.8, 4) is 0 Å². The Labute approximate surface area is 291 Å². The number of morpholine rings is 1. The molecule has 3 N–H and O–H groups in total. The van der Waals surface area contributed by atoms with Crippen molar-refractivity contribution in [1.29, 1.82) is 0 Å². The van der Waals surface area contributed by atoms with Gasteiger partial charge < -0.3 is 25.4 Å². The molecule has 2 amide bonds. The number of rotatable bonds is 12. The number of benzene rings is 4. The number of fused-ring (bicyclic) bond motifs is 1. The zero-order valence-electron chi connectivity index (χ0n) is 27.6. The van der Waals surface area contributed by atoms with E-state index in [2.05, 4.69) is 27.9 Å². The number of para-hydroxylation sites is 3. The third-order valence-corrected chi connectivity index (χ3v) is 9.80. The first kappa shape index (κ1) is 34.1. The van der Waals surface area contributed by atoms with Crippen molar-refractivity contribution in [1.82, 2.24) is 20.6 Å². The van der Waals surface area contributed by atoms with Crippen LogP contribution in [0.15, 0.2) is 120 Å². The lowest BCUT2D eigenvalue weighted by Gasteiger charge is -2.36. The van der Waals surface area contributed by atoms with Crippen molar-refractivity contribution in [2.45, 2.75) is 55.0 Å². The van der Waals surface area contributed by atoms with E-state index in [1.165, 1.54) is 7.11 Å². The van der Waals surface area contributed by atoms with Crippen LogP contribution in [-0.2, 0) is 20.7 Å². The van der Waals surface area contributed by atoms with Gasteiger partial charge in [-0.25, -0.2) is 9.78 Å². The lowest BCUT2D eigenvalue weighted by molar-refractivity contribution is -0.118. The predicted octanol–water partition coefficient (Wildman–Crippen LogP) is 6.60. The van der Waals surface area contributed by atoms with Gasteiger partial charge >= 0.3 is 6.09 Å². The fourth-order valence-electron chi connectivity index (χ4n) is 6.16. The van der Waals surface area contributed by atoms with Gasteiger partial charge in [0.1, 0.15) is 11.1 Å². The summed E-state index contributed by atoms with van der Waals surface area (Å²) in [6.07, 6.45) is 2.62. The van der Waals surface area contributed by atoms with Gasteiger partial charge in [-0.15, -0.1) is 11.8 Å². The van der Waals surface area contributed by atoms with Crippen LogP contribution in [0.25, 0.3) is 11.0 Å². The highest BCUT2D eigenvalue weighted by Crippen LogP contribution is 2.30. The van der Waals surface area contributed by atoms with E-state index in [4.69, 9.17) is 14.5 Å². The van der Waals surface area contributed by atoms with E-state index in [0.717, 1.165) is 51.5 Å². The van der Waals surface area contributed by atoms with E-state index in [-0.39, 0.29) is 24.2 Å². The predicted molar refractivity (Wildman–Crippen MR) is 194 cm³/mol. The van der Waals surface area contributed by atoms with Gasteiger partial charge in [0.15, 0.2) is 0 Å². The monoisotopic (exact) mass is 675 g/mol. The fraction of sp³-hybridized carbons (Fsp3) is 0.282. The van der Waals surface area contributed by atoms with Crippen molar-refractivity contribution in [3.63, 3.8) is 0 Å². The fourth-order valence-corrected chi connectivity index (χ4v) is 7.16. The van der Waals surface area contributed by atoms with E-state index in [1.54, 1.807) is 11.8 Å². The van der Waals surface area contributed by atoms with Crippen LogP contribution < -0.4 is 16.0 Å². The number of carbonyl (C=O) groups is 2. The van der Waals surface area contributed by atoms with Crippen LogP contribution in [0, 0.1) is 0 Å². The lowest BCUT2D eigenvalue weighted by Crippen LogP contribution is -2.52. The maximum atomic E-state index is 14.1. The van der Waals surface area contributed by atoms with Crippen molar-refractivity contribution < 1.29 is 19.1 Å². The second-order valence-electron chi connectivity index (χ2n) is 12.1. The van der Waals surface area contributed by atoms with E-state index >= 15 is 0 Å². The summed E-state index contributed by atoms with van der Waals surface area (Å²) < 4.78 is 11.5. The summed E-state index contributed by atoms with van der Waals surface area (Å²) >= 11 is 1.65. The van der Waals surface area contributed by atoms with Crippen molar-refractivity contribution >= 4 is 40.5 Å². The molecule has 9 nitrogen and oxygen atoms in total. The third kappa shape index (κ3) is 8.83. The number of anilines is 1. The highest BCUT2D eigenvalue weighted by molar-refractivity contribution is 7.99. The van der Waals surface area contributed by atoms with E-state index < -0.39 is 18.1 Å². The first-order chi connectivity index (χ1) is 24.0. The number of hydrogen-bond acceptors (Lipinski definition) is 8. The molecule has 10 heteroatoms. The minimum Gasteiger partial charge on any atom is -0.453 e. The first-order valence-electron chi connectivity index (χ1n) is 16.5. The average Bonchev–Trinajstić information content (AvgIpc) is 3.15. The largest absolute Gasteiger partial charge is 0.453 e. The number of aryl methyl sites for hydroxylation is 1. The Morgan fingerprint density at radius 2 is 1.57 bits per heavy atom. The van der Waals surface area contributed by atoms with Crippen LogP contribution in [0.1, 0.15) is 36.0 Å². The minimum absolute atomic E-state index is 0.00234. The quantitative estimate of drug-likeness (QED) is 0.127. The Bertz CT molecular complexity index is 1800. The summed E-state index contributed by atoms with van der Waals surface area (Å²) in [6, 6.07) is 34.3. The molecule has 0 bridgehead atoms. The van der Waals surface area contributed by atoms with Crippen LogP contribution in [0.2, 0.25) is 0 Å². The Balaban J connectivity index is 1.13. The first-order valence-corrected chi connectivity index (χ1v) is 17.5. The highest BCUT2D eigenvalue weighted by atomic mass is 32.2. The van der Waals surface area contributed by atoms with Gasteiger partial charge in [0.2, 0.25) is 5.91 Å².